The lowest BCUT2D eigenvalue weighted by Crippen LogP contribution is -2.48. The van der Waals surface area contributed by atoms with Crippen LogP contribution in [-0.4, -0.2) is 76.7 Å². The van der Waals surface area contributed by atoms with Gasteiger partial charge in [0.2, 0.25) is 5.91 Å². The quantitative estimate of drug-likeness (QED) is 0.321. The number of carbonyl (C=O) groups is 2. The van der Waals surface area contributed by atoms with Crippen molar-refractivity contribution in [3.05, 3.63) is 95.3 Å². The number of hydrogen-bond donors (Lipinski definition) is 2. The molecule has 3 heterocycles. The van der Waals surface area contributed by atoms with Gasteiger partial charge in [-0.25, -0.2) is 0 Å². The van der Waals surface area contributed by atoms with Crippen LogP contribution in [0.5, 0.6) is 0 Å². The molecule has 0 spiro atoms. The summed E-state index contributed by atoms with van der Waals surface area (Å²) in [6.45, 7) is 3.25. The fourth-order valence-corrected chi connectivity index (χ4v) is 6.01. The van der Waals surface area contributed by atoms with Gasteiger partial charge in [-0.1, -0.05) is 49.4 Å². The van der Waals surface area contributed by atoms with Crippen LogP contribution in [0.25, 0.3) is 0 Å². The maximum absolute atomic E-state index is 13.1. The van der Waals surface area contributed by atoms with Crippen molar-refractivity contribution in [2.75, 3.05) is 32.0 Å². The van der Waals surface area contributed by atoms with Crippen molar-refractivity contribution in [2.45, 2.75) is 63.5 Å². The molecular weight excluding hydrogens is 601 g/mol. The summed E-state index contributed by atoms with van der Waals surface area (Å²) < 4.78 is 52.4. The topological polar surface area (TPSA) is 104 Å². The summed E-state index contributed by atoms with van der Waals surface area (Å²) in [5.74, 6) is -2.73. The van der Waals surface area contributed by atoms with Crippen LogP contribution in [-0.2, 0) is 32.1 Å². The number of aliphatic hydroxyl groups excluding tert-OH is 1. The molecule has 1 aromatic heterocycles. The summed E-state index contributed by atoms with van der Waals surface area (Å²) in [5, 5.41) is 12.2. The average Bonchev–Trinajstić information content (AvgIpc) is 3.55. The Kier molecular flexibility index (Phi) is 10.7. The third-order valence-electron chi connectivity index (χ3n) is 8.58. The number of nitrogens with one attached hydrogen (secondary N) is 1. The summed E-state index contributed by atoms with van der Waals surface area (Å²) in [7, 11) is 2.03. The van der Waals surface area contributed by atoms with Crippen LogP contribution >= 0.6 is 0 Å². The normalized spacial score (nSPS) is 23.5. The number of benzene rings is 2. The third-order valence-corrected chi connectivity index (χ3v) is 8.58. The Morgan fingerprint density at radius 1 is 1.07 bits per heavy atom. The number of carbonyl (C=O) groups excluding carboxylic acids is 2. The van der Waals surface area contributed by atoms with Crippen molar-refractivity contribution in [3.8, 4) is 0 Å². The Balaban J connectivity index is 1.33. The molecule has 0 saturated carbocycles. The Hall–Kier alpha value is -3.84. The van der Waals surface area contributed by atoms with E-state index >= 15 is 0 Å². The van der Waals surface area contributed by atoms with Crippen LogP contribution in [0.15, 0.2) is 72.9 Å². The number of rotatable bonds is 10. The van der Waals surface area contributed by atoms with Gasteiger partial charge in [-0.2, -0.15) is 13.2 Å². The molecule has 5 atom stereocenters. The number of alkyl halides is 3. The van der Waals surface area contributed by atoms with E-state index in [1.807, 2.05) is 49.5 Å². The lowest BCUT2D eigenvalue weighted by atomic mass is 9.90. The van der Waals surface area contributed by atoms with Crippen molar-refractivity contribution in [1.29, 1.82) is 0 Å². The van der Waals surface area contributed by atoms with Gasteiger partial charge >= 0.3 is 12.1 Å². The number of ether oxygens (including phenoxy) is 2. The van der Waals surface area contributed by atoms with Crippen molar-refractivity contribution in [3.63, 3.8) is 0 Å². The molecular formula is C34H39F3N4O5. The highest BCUT2D eigenvalue weighted by Crippen LogP contribution is 2.42. The number of aromatic nitrogens is 1. The van der Waals surface area contributed by atoms with E-state index < -0.39 is 30.3 Å². The molecule has 2 fully saturated rings. The number of anilines is 1. The number of amides is 2. The van der Waals surface area contributed by atoms with Gasteiger partial charge < -0.3 is 29.7 Å². The van der Waals surface area contributed by atoms with E-state index in [1.54, 1.807) is 30.5 Å². The first-order chi connectivity index (χ1) is 22.0. The van der Waals surface area contributed by atoms with E-state index in [1.165, 1.54) is 0 Å². The van der Waals surface area contributed by atoms with E-state index in [2.05, 4.69) is 22.1 Å². The molecule has 0 unspecified atom stereocenters. The number of pyridine rings is 1. The minimum absolute atomic E-state index is 0.0454. The molecule has 0 aliphatic carbocycles. The zero-order chi connectivity index (χ0) is 32.8. The summed E-state index contributed by atoms with van der Waals surface area (Å²) in [5.41, 5.74) is 3.69. The second-order valence-electron chi connectivity index (χ2n) is 11.9. The summed E-state index contributed by atoms with van der Waals surface area (Å²) in [6.07, 6.45) is -3.44. The molecule has 2 aliphatic rings. The van der Waals surface area contributed by atoms with Gasteiger partial charge in [0.1, 0.15) is 6.04 Å². The van der Waals surface area contributed by atoms with Crippen molar-refractivity contribution in [2.24, 2.45) is 5.92 Å². The molecule has 2 N–H and O–H groups in total. The molecule has 3 aromatic rings. The van der Waals surface area contributed by atoms with Crippen molar-refractivity contribution in [1.82, 2.24) is 14.8 Å². The number of aliphatic hydroxyl groups is 1. The van der Waals surface area contributed by atoms with Crippen LogP contribution in [0.3, 0.4) is 0 Å². The fourth-order valence-electron chi connectivity index (χ4n) is 6.01. The van der Waals surface area contributed by atoms with Gasteiger partial charge in [0, 0.05) is 55.1 Å². The molecule has 0 radical (unpaired) electrons. The number of nitrogens with zero attached hydrogens (tertiary/aromatic N) is 3. The number of halogens is 3. The molecule has 2 saturated heterocycles. The molecule has 246 valence electrons. The molecule has 0 bridgehead atoms. The van der Waals surface area contributed by atoms with E-state index in [9.17, 15) is 27.9 Å². The molecule has 2 aromatic carbocycles. The number of likely N-dealkylation sites (N-methyl/N-ethyl adjacent to an activating group) is 1. The smallest absolute Gasteiger partial charge is 0.392 e. The van der Waals surface area contributed by atoms with E-state index in [0.717, 1.165) is 29.8 Å². The maximum Gasteiger partial charge on any atom is 0.471 e. The first-order valence-electron chi connectivity index (χ1n) is 15.4. The Morgan fingerprint density at radius 2 is 1.85 bits per heavy atom. The highest BCUT2D eigenvalue weighted by Gasteiger charge is 2.47. The summed E-state index contributed by atoms with van der Waals surface area (Å²) in [6, 6.07) is 19.0. The van der Waals surface area contributed by atoms with Crippen LogP contribution in [0.4, 0.5) is 18.9 Å². The van der Waals surface area contributed by atoms with Gasteiger partial charge in [-0.05, 0) is 55.3 Å². The van der Waals surface area contributed by atoms with E-state index in [0.29, 0.717) is 29.1 Å². The fraction of sp³-hybridized carbons (Fsp3) is 0.441. The second-order valence-corrected chi connectivity index (χ2v) is 11.9. The zero-order valence-electron chi connectivity index (χ0n) is 25.8. The number of likely N-dealkylation sites (tertiary alicyclic amines) is 1. The molecule has 46 heavy (non-hydrogen) atoms. The highest BCUT2D eigenvalue weighted by molar-refractivity contribution is 5.98. The first-order valence-corrected chi connectivity index (χ1v) is 15.4. The van der Waals surface area contributed by atoms with Gasteiger partial charge in [0.25, 0.3) is 0 Å². The minimum atomic E-state index is -5.05. The molecule has 2 amide bonds. The molecule has 2 aliphatic heterocycles. The van der Waals surface area contributed by atoms with Gasteiger partial charge in [-0.3, -0.25) is 14.6 Å². The molecule has 5 rings (SSSR count). The SMILES string of the molecule is C[C@H]1[C@@H](CN(C)CCc2ccccn2)O[C@@H](c2cccc(NC(=O)[C@@H]3CCCN3C(=O)C(F)(F)F)c2)O[C@H]1c1ccc(CO)cc1. The van der Waals surface area contributed by atoms with Crippen molar-refractivity contribution < 1.29 is 37.3 Å². The zero-order valence-corrected chi connectivity index (χ0v) is 25.8. The third kappa shape index (κ3) is 8.11. The monoisotopic (exact) mass is 640 g/mol. The predicted octanol–water partition coefficient (Wildman–Crippen LogP) is 5.03. The van der Waals surface area contributed by atoms with E-state index in [4.69, 9.17) is 9.47 Å². The first kappa shape index (κ1) is 33.5. The Labute approximate surface area is 266 Å². The van der Waals surface area contributed by atoms with Gasteiger partial charge in [0.15, 0.2) is 6.29 Å². The standard InChI is InChI=1S/C34H39F3N4O5/c1-22-29(20-40(2)18-15-26-8-3-4-16-38-26)45-32(46-30(22)24-13-11-23(21-42)12-14-24)25-7-5-9-27(19-25)39-31(43)28-10-6-17-41(28)33(44)34(35,36)37/h3-5,7-9,11-14,16,19,22,28-30,32,42H,6,10,15,17-18,20-21H2,1-2H3,(H,39,43)/t22-,28-,29+,30+,32+/m0/s1. The molecule has 12 heteroatoms. The largest absolute Gasteiger partial charge is 0.471 e. The second kappa shape index (κ2) is 14.7. The Morgan fingerprint density at radius 3 is 2.54 bits per heavy atom. The lowest BCUT2D eigenvalue weighted by Gasteiger charge is -2.42. The van der Waals surface area contributed by atoms with Crippen molar-refractivity contribution >= 4 is 17.5 Å². The van der Waals surface area contributed by atoms with Crippen LogP contribution in [0, 0.1) is 5.92 Å². The average molecular weight is 641 g/mol. The van der Waals surface area contributed by atoms with Crippen LogP contribution in [0.2, 0.25) is 0 Å². The summed E-state index contributed by atoms with van der Waals surface area (Å²) >= 11 is 0. The van der Waals surface area contributed by atoms with Gasteiger partial charge in [-0.15, -0.1) is 0 Å². The predicted molar refractivity (Wildman–Crippen MR) is 164 cm³/mol. The Bertz CT molecular complexity index is 1470. The van der Waals surface area contributed by atoms with E-state index in [-0.39, 0.29) is 37.7 Å². The van der Waals surface area contributed by atoms with Crippen LogP contribution < -0.4 is 5.32 Å². The van der Waals surface area contributed by atoms with Gasteiger partial charge in [0.05, 0.1) is 18.8 Å². The highest BCUT2D eigenvalue weighted by atomic mass is 19.4. The number of hydrogen-bond acceptors (Lipinski definition) is 7. The summed E-state index contributed by atoms with van der Waals surface area (Å²) in [4.78, 5) is 32.1. The minimum Gasteiger partial charge on any atom is -0.392 e. The lowest BCUT2D eigenvalue weighted by molar-refractivity contribution is -0.275. The van der Waals surface area contributed by atoms with Crippen LogP contribution in [0.1, 0.15) is 54.5 Å². The maximum atomic E-state index is 13.1. The molecule has 9 nitrogen and oxygen atoms in total.